The van der Waals surface area contributed by atoms with Crippen molar-refractivity contribution in [2.75, 3.05) is 0 Å². The first kappa shape index (κ1) is 12.4. The number of rotatable bonds is 3. The zero-order valence-corrected chi connectivity index (χ0v) is 11.9. The second-order valence-corrected chi connectivity index (χ2v) is 6.92. The molecule has 0 aromatic heterocycles. The van der Waals surface area contributed by atoms with E-state index in [4.69, 9.17) is 6.57 Å². The second kappa shape index (κ2) is 4.90. The molecule has 2 nitrogen and oxygen atoms in total. The van der Waals surface area contributed by atoms with Gasteiger partial charge in [-0.05, 0) is 54.9 Å². The maximum atomic E-state index is 7.09. The molecule has 2 heteroatoms. The van der Waals surface area contributed by atoms with Crippen molar-refractivity contribution >= 4 is 5.69 Å². The van der Waals surface area contributed by atoms with Crippen molar-refractivity contribution in [1.29, 1.82) is 0 Å². The van der Waals surface area contributed by atoms with Crippen LogP contribution in [-0.4, -0.2) is 6.04 Å². The van der Waals surface area contributed by atoms with E-state index in [0.717, 1.165) is 41.9 Å². The van der Waals surface area contributed by atoms with Crippen LogP contribution in [0.4, 0.5) is 5.69 Å². The lowest BCUT2D eigenvalue weighted by atomic mass is 9.79. The van der Waals surface area contributed by atoms with Gasteiger partial charge in [0.05, 0.1) is 6.57 Å². The molecule has 5 unspecified atom stereocenters. The highest BCUT2D eigenvalue weighted by atomic mass is 14.9. The number of nitrogens with zero attached hydrogens (tertiary/aromatic N) is 1. The van der Waals surface area contributed by atoms with Gasteiger partial charge < -0.3 is 5.32 Å². The second-order valence-electron chi connectivity index (χ2n) is 6.92. The highest BCUT2D eigenvalue weighted by molar-refractivity contribution is 5.46. The van der Waals surface area contributed by atoms with Crippen LogP contribution in [0, 0.1) is 30.2 Å². The Kier molecular flexibility index (Phi) is 3.04. The van der Waals surface area contributed by atoms with Crippen molar-refractivity contribution in [1.82, 2.24) is 5.32 Å². The quantitative estimate of drug-likeness (QED) is 0.813. The van der Waals surface area contributed by atoms with Crippen LogP contribution in [0.2, 0.25) is 0 Å². The molecule has 20 heavy (non-hydrogen) atoms. The molecular weight excluding hydrogens is 244 g/mol. The predicted molar refractivity (Wildman–Crippen MR) is 80.4 cm³/mol. The van der Waals surface area contributed by atoms with Crippen LogP contribution < -0.4 is 5.32 Å². The van der Waals surface area contributed by atoms with E-state index in [-0.39, 0.29) is 0 Å². The minimum Gasteiger partial charge on any atom is -0.310 e. The Morgan fingerprint density at radius 1 is 1.15 bits per heavy atom. The van der Waals surface area contributed by atoms with E-state index < -0.39 is 0 Å². The maximum Gasteiger partial charge on any atom is 0.187 e. The van der Waals surface area contributed by atoms with Gasteiger partial charge in [-0.15, -0.1) is 0 Å². The molecule has 3 saturated carbocycles. The molecule has 5 atom stereocenters. The van der Waals surface area contributed by atoms with Gasteiger partial charge in [-0.2, -0.15) is 0 Å². The molecule has 3 fully saturated rings. The Morgan fingerprint density at radius 2 is 2.05 bits per heavy atom. The van der Waals surface area contributed by atoms with E-state index >= 15 is 0 Å². The van der Waals surface area contributed by atoms with Gasteiger partial charge in [-0.1, -0.05) is 30.7 Å². The van der Waals surface area contributed by atoms with Gasteiger partial charge in [0.2, 0.25) is 0 Å². The summed E-state index contributed by atoms with van der Waals surface area (Å²) in [6.45, 7) is 8.02. The fourth-order valence-electron chi connectivity index (χ4n) is 5.29. The Hall–Kier alpha value is -1.33. The normalized spacial score (nSPS) is 37.9. The molecule has 1 aromatic rings. The maximum absolute atomic E-state index is 7.09. The number of hydrogen-bond donors (Lipinski definition) is 1. The summed E-state index contributed by atoms with van der Waals surface area (Å²) in [6, 6.07) is 8.77. The Bertz CT molecular complexity index is 545. The lowest BCUT2D eigenvalue weighted by molar-refractivity contribution is 0.208. The molecular formula is C18H22N2. The topological polar surface area (TPSA) is 16.4 Å². The summed E-state index contributed by atoms with van der Waals surface area (Å²) in [7, 11) is 0. The lowest BCUT2D eigenvalue weighted by Gasteiger charge is -2.32. The van der Waals surface area contributed by atoms with Gasteiger partial charge in [0.25, 0.3) is 0 Å². The third-order valence-electron chi connectivity index (χ3n) is 6.04. The van der Waals surface area contributed by atoms with Crippen molar-refractivity contribution in [2.24, 2.45) is 23.7 Å². The van der Waals surface area contributed by atoms with Crippen LogP contribution in [0.1, 0.15) is 37.7 Å². The Labute approximate surface area is 121 Å². The summed E-state index contributed by atoms with van der Waals surface area (Å²) >= 11 is 0. The molecule has 0 spiro atoms. The van der Waals surface area contributed by atoms with Gasteiger partial charge in [-0.25, -0.2) is 4.85 Å². The first-order valence-electron chi connectivity index (χ1n) is 8.05. The van der Waals surface area contributed by atoms with Crippen LogP contribution in [0.25, 0.3) is 4.85 Å². The molecule has 104 valence electrons. The number of fused-ring (bicyclic) bond motifs is 5. The third-order valence-corrected chi connectivity index (χ3v) is 6.04. The van der Waals surface area contributed by atoms with Crippen LogP contribution in [0.3, 0.4) is 0 Å². The third kappa shape index (κ3) is 1.96. The van der Waals surface area contributed by atoms with Crippen LogP contribution in [-0.2, 0) is 6.54 Å². The smallest absolute Gasteiger partial charge is 0.187 e. The van der Waals surface area contributed by atoms with E-state index in [2.05, 4.69) is 16.2 Å². The molecule has 0 radical (unpaired) electrons. The fraction of sp³-hybridized carbons (Fsp3) is 0.611. The molecule has 1 aromatic carbocycles. The van der Waals surface area contributed by atoms with Gasteiger partial charge in [0.15, 0.2) is 5.69 Å². The van der Waals surface area contributed by atoms with E-state index in [1.54, 1.807) is 0 Å². The largest absolute Gasteiger partial charge is 0.310 e. The van der Waals surface area contributed by atoms with Crippen LogP contribution >= 0.6 is 0 Å². The molecule has 0 amide bonds. The monoisotopic (exact) mass is 266 g/mol. The Balaban J connectivity index is 1.40. The number of nitrogens with one attached hydrogen (secondary N) is 1. The fourth-order valence-corrected chi connectivity index (χ4v) is 5.29. The highest BCUT2D eigenvalue weighted by Gasteiger charge is 2.53. The Morgan fingerprint density at radius 3 is 2.95 bits per heavy atom. The minimum atomic E-state index is 0.732. The summed E-state index contributed by atoms with van der Waals surface area (Å²) in [5.74, 6) is 4.06. The average molecular weight is 266 g/mol. The average Bonchev–Trinajstić information content (AvgIpc) is 3.17. The summed E-state index contributed by atoms with van der Waals surface area (Å²) in [4.78, 5) is 3.51. The predicted octanol–water partition coefficient (Wildman–Crippen LogP) is 4.15. The summed E-state index contributed by atoms with van der Waals surface area (Å²) in [6.07, 6.45) is 7.34. The lowest BCUT2D eigenvalue weighted by Crippen LogP contribution is -2.38. The SMILES string of the molecule is [C-]#[N+]c1cccc(CNC2CC3CC2C2CCCC32)c1. The van der Waals surface area contributed by atoms with E-state index in [0.29, 0.717) is 0 Å². The van der Waals surface area contributed by atoms with E-state index in [9.17, 15) is 0 Å². The van der Waals surface area contributed by atoms with Gasteiger partial charge in [0, 0.05) is 12.6 Å². The van der Waals surface area contributed by atoms with Crippen molar-refractivity contribution in [3.05, 3.63) is 41.2 Å². The molecule has 1 N–H and O–H groups in total. The number of benzene rings is 1. The summed E-state index contributed by atoms with van der Waals surface area (Å²) in [5, 5.41) is 3.79. The molecule has 3 aliphatic rings. The molecule has 0 aliphatic heterocycles. The summed E-state index contributed by atoms with van der Waals surface area (Å²) in [5.41, 5.74) is 2.01. The molecule has 4 rings (SSSR count). The zero-order valence-electron chi connectivity index (χ0n) is 11.9. The number of hydrogen-bond acceptors (Lipinski definition) is 1. The molecule has 0 saturated heterocycles. The van der Waals surface area contributed by atoms with Crippen molar-refractivity contribution in [3.8, 4) is 0 Å². The van der Waals surface area contributed by atoms with E-state index in [1.165, 1.54) is 37.7 Å². The van der Waals surface area contributed by atoms with E-state index in [1.807, 2.05) is 18.2 Å². The minimum absolute atomic E-state index is 0.732. The molecule has 0 heterocycles. The van der Waals surface area contributed by atoms with Gasteiger partial charge >= 0.3 is 0 Å². The van der Waals surface area contributed by atoms with Crippen molar-refractivity contribution < 1.29 is 0 Å². The first-order valence-corrected chi connectivity index (χ1v) is 8.05. The first-order chi connectivity index (χ1) is 9.85. The van der Waals surface area contributed by atoms with Crippen molar-refractivity contribution in [3.63, 3.8) is 0 Å². The zero-order chi connectivity index (χ0) is 13.5. The molecule has 3 aliphatic carbocycles. The van der Waals surface area contributed by atoms with Gasteiger partial charge in [0.1, 0.15) is 0 Å². The standard InChI is InChI=1S/C18H22N2/c1-19-14-5-2-4-12(8-14)11-20-18-10-13-9-17(18)16-7-3-6-15(13)16/h2,4-5,8,13,15-18,20H,3,6-7,9-11H2. The highest BCUT2D eigenvalue weighted by Crippen LogP contribution is 2.58. The van der Waals surface area contributed by atoms with Gasteiger partial charge in [-0.3, -0.25) is 0 Å². The molecule has 2 bridgehead atoms. The van der Waals surface area contributed by atoms with Crippen LogP contribution in [0.15, 0.2) is 24.3 Å². The van der Waals surface area contributed by atoms with Crippen molar-refractivity contribution in [2.45, 2.75) is 44.7 Å². The summed E-state index contributed by atoms with van der Waals surface area (Å²) < 4.78 is 0. The van der Waals surface area contributed by atoms with Crippen LogP contribution in [0.5, 0.6) is 0 Å².